The molecule has 0 aliphatic heterocycles. The zero-order valence-electron chi connectivity index (χ0n) is 11.2. The largest absolute Gasteiger partial charge is 0.481 e. The van der Waals surface area contributed by atoms with Crippen LogP contribution in [0.25, 0.3) is 0 Å². The maximum absolute atomic E-state index is 12.2. The van der Waals surface area contributed by atoms with Gasteiger partial charge in [-0.25, -0.2) is 0 Å². The van der Waals surface area contributed by atoms with Crippen molar-refractivity contribution in [3.05, 3.63) is 63.2 Å². The van der Waals surface area contributed by atoms with E-state index in [1.807, 2.05) is 30.3 Å². The molecule has 2 aromatic carbocycles. The molecule has 108 valence electrons. The van der Waals surface area contributed by atoms with Crippen LogP contribution in [0.2, 0.25) is 0 Å². The average molecular weight is 395 g/mol. The molecule has 0 aliphatic rings. The third kappa shape index (κ3) is 4.56. The summed E-state index contributed by atoms with van der Waals surface area (Å²) in [7, 11) is 0. The Morgan fingerprint density at radius 1 is 1.10 bits per heavy atom. The number of aliphatic carboxylic acids is 1. The van der Waals surface area contributed by atoms with E-state index in [4.69, 9.17) is 5.11 Å². The summed E-state index contributed by atoms with van der Waals surface area (Å²) in [5, 5.41) is 11.6. The Balaban J connectivity index is 2.15. The summed E-state index contributed by atoms with van der Waals surface area (Å²) in [5.74, 6) is -1.05. The van der Waals surface area contributed by atoms with Crippen molar-refractivity contribution in [1.82, 2.24) is 0 Å². The zero-order valence-corrected chi connectivity index (χ0v) is 13.3. The maximum Gasteiger partial charge on any atom is 0.303 e. The topological polar surface area (TPSA) is 66.4 Å². The number of hydrogen-bond donors (Lipinski definition) is 2. The van der Waals surface area contributed by atoms with Crippen molar-refractivity contribution in [2.45, 2.75) is 12.8 Å². The van der Waals surface area contributed by atoms with Gasteiger partial charge in [-0.15, -0.1) is 0 Å². The van der Waals surface area contributed by atoms with Crippen molar-refractivity contribution in [3.63, 3.8) is 0 Å². The Bertz CT molecular complexity index is 670. The minimum absolute atomic E-state index is 0.0378. The molecular formula is C16H14INO3. The van der Waals surface area contributed by atoms with Gasteiger partial charge in [0.25, 0.3) is 5.91 Å². The number of anilines is 1. The van der Waals surface area contributed by atoms with Crippen molar-refractivity contribution in [1.29, 1.82) is 0 Å². The number of carboxylic acids is 1. The van der Waals surface area contributed by atoms with Crippen LogP contribution in [0.5, 0.6) is 0 Å². The molecule has 0 saturated carbocycles. The number of carbonyl (C=O) groups is 2. The zero-order chi connectivity index (χ0) is 15.2. The van der Waals surface area contributed by atoms with Crippen LogP contribution >= 0.6 is 22.6 Å². The molecule has 0 unspecified atom stereocenters. The van der Waals surface area contributed by atoms with Crippen LogP contribution in [-0.4, -0.2) is 17.0 Å². The predicted molar refractivity (Wildman–Crippen MR) is 89.5 cm³/mol. The molecule has 2 N–H and O–H groups in total. The van der Waals surface area contributed by atoms with Crippen LogP contribution in [0.4, 0.5) is 5.69 Å². The fraction of sp³-hybridized carbons (Fsp3) is 0.125. The molecule has 1 amide bonds. The smallest absolute Gasteiger partial charge is 0.303 e. The lowest BCUT2D eigenvalue weighted by Crippen LogP contribution is -2.13. The van der Waals surface area contributed by atoms with Gasteiger partial charge in [-0.05, 0) is 58.8 Å². The van der Waals surface area contributed by atoms with Gasteiger partial charge in [0, 0.05) is 21.2 Å². The second-order valence-electron chi connectivity index (χ2n) is 4.52. The molecule has 0 atom stereocenters. The first kappa shape index (κ1) is 15.5. The SMILES string of the molecule is O=C(O)CCc1ccccc1NC(=O)c1cccc(I)c1. The highest BCUT2D eigenvalue weighted by molar-refractivity contribution is 14.1. The van der Waals surface area contributed by atoms with Crippen LogP contribution in [0, 0.1) is 3.57 Å². The van der Waals surface area contributed by atoms with Crippen LogP contribution in [0.1, 0.15) is 22.3 Å². The lowest BCUT2D eigenvalue weighted by Gasteiger charge is -2.10. The Morgan fingerprint density at radius 3 is 2.57 bits per heavy atom. The van der Waals surface area contributed by atoms with Gasteiger partial charge in [-0.3, -0.25) is 9.59 Å². The van der Waals surface area contributed by atoms with Crippen molar-refractivity contribution in [3.8, 4) is 0 Å². The maximum atomic E-state index is 12.2. The summed E-state index contributed by atoms with van der Waals surface area (Å²) in [5.41, 5.74) is 2.05. The molecule has 21 heavy (non-hydrogen) atoms. The Morgan fingerprint density at radius 2 is 1.86 bits per heavy atom. The van der Waals surface area contributed by atoms with Gasteiger partial charge in [-0.2, -0.15) is 0 Å². The van der Waals surface area contributed by atoms with Gasteiger partial charge < -0.3 is 10.4 Å². The van der Waals surface area contributed by atoms with Gasteiger partial charge in [-0.1, -0.05) is 24.3 Å². The number of rotatable bonds is 5. The fourth-order valence-electron chi connectivity index (χ4n) is 1.93. The summed E-state index contributed by atoms with van der Waals surface area (Å²) in [4.78, 5) is 22.9. The predicted octanol–water partition coefficient (Wildman–Crippen LogP) is 3.56. The van der Waals surface area contributed by atoms with Crippen LogP contribution in [-0.2, 0) is 11.2 Å². The molecule has 0 aromatic heterocycles. The van der Waals surface area contributed by atoms with E-state index in [9.17, 15) is 9.59 Å². The molecule has 0 fully saturated rings. The standard InChI is InChI=1S/C16H14INO3/c17-13-6-3-5-12(10-13)16(21)18-14-7-2-1-4-11(14)8-9-15(19)20/h1-7,10H,8-9H2,(H,18,21)(H,19,20). The summed E-state index contributed by atoms with van der Waals surface area (Å²) in [6.45, 7) is 0. The van der Waals surface area contributed by atoms with E-state index in [0.717, 1.165) is 9.13 Å². The number of halogens is 1. The highest BCUT2D eigenvalue weighted by atomic mass is 127. The molecular weight excluding hydrogens is 381 g/mol. The molecule has 2 aromatic rings. The number of carboxylic acid groups (broad SMARTS) is 1. The first-order chi connectivity index (χ1) is 10.1. The molecule has 0 heterocycles. The minimum atomic E-state index is -0.853. The summed E-state index contributed by atoms with van der Waals surface area (Å²) in [6, 6.07) is 14.5. The van der Waals surface area contributed by atoms with Crippen LogP contribution in [0.3, 0.4) is 0 Å². The summed E-state index contributed by atoms with van der Waals surface area (Å²) < 4.78 is 0.986. The second kappa shape index (κ2) is 7.21. The number of aryl methyl sites for hydroxylation is 1. The molecule has 0 bridgehead atoms. The first-order valence-electron chi connectivity index (χ1n) is 6.43. The number of nitrogens with one attached hydrogen (secondary N) is 1. The number of benzene rings is 2. The lowest BCUT2D eigenvalue weighted by atomic mass is 10.1. The van der Waals surface area contributed by atoms with Gasteiger partial charge in [0.05, 0.1) is 0 Å². The van der Waals surface area contributed by atoms with E-state index < -0.39 is 5.97 Å². The highest BCUT2D eigenvalue weighted by Gasteiger charge is 2.10. The molecule has 0 spiro atoms. The molecule has 0 saturated heterocycles. The van der Waals surface area contributed by atoms with E-state index >= 15 is 0 Å². The number of hydrogen-bond acceptors (Lipinski definition) is 2. The molecule has 4 nitrogen and oxygen atoms in total. The van der Waals surface area contributed by atoms with Crippen molar-refractivity contribution >= 4 is 40.2 Å². The number of amides is 1. The molecule has 2 rings (SSSR count). The van der Waals surface area contributed by atoms with Crippen molar-refractivity contribution in [2.24, 2.45) is 0 Å². The number of para-hydroxylation sites is 1. The van der Waals surface area contributed by atoms with Crippen LogP contribution in [0.15, 0.2) is 48.5 Å². The Hall–Kier alpha value is -1.89. The Labute approximate surface area is 136 Å². The van der Waals surface area contributed by atoms with E-state index in [2.05, 4.69) is 27.9 Å². The van der Waals surface area contributed by atoms with Crippen molar-refractivity contribution < 1.29 is 14.7 Å². The minimum Gasteiger partial charge on any atom is -0.481 e. The highest BCUT2D eigenvalue weighted by Crippen LogP contribution is 2.18. The third-order valence-electron chi connectivity index (χ3n) is 2.96. The second-order valence-corrected chi connectivity index (χ2v) is 5.76. The first-order valence-corrected chi connectivity index (χ1v) is 7.51. The lowest BCUT2D eigenvalue weighted by molar-refractivity contribution is -0.136. The molecule has 0 radical (unpaired) electrons. The summed E-state index contributed by atoms with van der Waals surface area (Å²) >= 11 is 2.15. The third-order valence-corrected chi connectivity index (χ3v) is 3.63. The van der Waals surface area contributed by atoms with Gasteiger partial charge in [0.15, 0.2) is 0 Å². The van der Waals surface area contributed by atoms with Gasteiger partial charge in [0.1, 0.15) is 0 Å². The van der Waals surface area contributed by atoms with Crippen molar-refractivity contribution in [2.75, 3.05) is 5.32 Å². The van der Waals surface area contributed by atoms with E-state index in [-0.39, 0.29) is 12.3 Å². The summed E-state index contributed by atoms with van der Waals surface area (Å²) in [6.07, 6.45) is 0.425. The number of carbonyl (C=O) groups excluding carboxylic acids is 1. The van der Waals surface area contributed by atoms with Gasteiger partial charge in [0.2, 0.25) is 0 Å². The van der Waals surface area contributed by atoms with Crippen LogP contribution < -0.4 is 5.32 Å². The molecule has 0 aliphatic carbocycles. The quantitative estimate of drug-likeness (QED) is 0.761. The monoisotopic (exact) mass is 395 g/mol. The molecule has 5 heteroatoms. The fourth-order valence-corrected chi connectivity index (χ4v) is 2.47. The van der Waals surface area contributed by atoms with E-state index in [1.165, 1.54) is 0 Å². The van der Waals surface area contributed by atoms with E-state index in [1.54, 1.807) is 18.2 Å². The van der Waals surface area contributed by atoms with E-state index in [0.29, 0.717) is 17.7 Å². The average Bonchev–Trinajstić information content (AvgIpc) is 2.46. The van der Waals surface area contributed by atoms with Gasteiger partial charge >= 0.3 is 5.97 Å². The normalized spacial score (nSPS) is 10.1. The Kier molecular flexibility index (Phi) is 5.32.